The number of nitriles is 1. The highest BCUT2D eigenvalue weighted by Crippen LogP contribution is 2.33. The molecular weight excluding hydrogens is 420 g/mol. The van der Waals surface area contributed by atoms with Crippen LogP contribution in [0.1, 0.15) is 24.3 Å². The van der Waals surface area contributed by atoms with Crippen molar-refractivity contribution in [3.8, 4) is 17.7 Å². The van der Waals surface area contributed by atoms with Crippen LogP contribution in [-0.4, -0.2) is 39.7 Å². The van der Waals surface area contributed by atoms with E-state index in [1.54, 1.807) is 31.2 Å². The smallest absolute Gasteiger partial charge is 0.267 e. The maximum absolute atomic E-state index is 13.1. The number of ether oxygens (including phenoxy) is 1. The van der Waals surface area contributed by atoms with Crippen LogP contribution in [0, 0.1) is 18.3 Å². The van der Waals surface area contributed by atoms with Crippen molar-refractivity contribution in [3.63, 3.8) is 0 Å². The first-order chi connectivity index (χ1) is 14.9. The molecule has 1 saturated heterocycles. The van der Waals surface area contributed by atoms with Crippen molar-refractivity contribution < 1.29 is 22.0 Å². The molecule has 31 heavy (non-hydrogen) atoms. The monoisotopic (exact) mass is 442 g/mol. The van der Waals surface area contributed by atoms with Gasteiger partial charge in [-0.3, -0.25) is 4.31 Å². The fraction of sp³-hybridized carbons (Fsp3) is 0.333. The number of furan rings is 1. The fourth-order valence-corrected chi connectivity index (χ4v) is 4.74. The van der Waals surface area contributed by atoms with Gasteiger partial charge in [-0.25, -0.2) is 8.42 Å². The third kappa shape index (κ3) is 4.15. The fourth-order valence-electron chi connectivity index (χ4n) is 3.38. The zero-order valence-electron chi connectivity index (χ0n) is 17.2. The van der Waals surface area contributed by atoms with Crippen molar-refractivity contribution in [2.24, 2.45) is 0 Å². The van der Waals surface area contributed by atoms with Gasteiger partial charge in [0.15, 0.2) is 5.76 Å². The predicted octanol–water partition coefficient (Wildman–Crippen LogP) is 3.53. The van der Waals surface area contributed by atoms with Gasteiger partial charge in [0.25, 0.3) is 15.9 Å². The summed E-state index contributed by atoms with van der Waals surface area (Å²) in [5.74, 6) is 0.550. The molecule has 1 unspecified atom stereocenters. The molecule has 1 aliphatic heterocycles. The Balaban J connectivity index is 1.60. The zero-order chi connectivity index (χ0) is 22.0. The summed E-state index contributed by atoms with van der Waals surface area (Å²) >= 11 is 0. The van der Waals surface area contributed by atoms with Crippen LogP contribution in [0.3, 0.4) is 0 Å². The zero-order valence-corrected chi connectivity index (χ0v) is 18.0. The van der Waals surface area contributed by atoms with Gasteiger partial charge in [-0.1, -0.05) is 18.2 Å². The Hall–Kier alpha value is -3.29. The van der Waals surface area contributed by atoms with E-state index in [9.17, 15) is 13.7 Å². The molecule has 0 radical (unpaired) electrons. The number of nitrogens with one attached hydrogen (secondary N) is 1. The minimum Gasteiger partial charge on any atom is -0.455 e. The molecule has 3 aromatic rings. The maximum Gasteiger partial charge on any atom is 0.267 e. The van der Waals surface area contributed by atoms with Crippen LogP contribution in [0.25, 0.3) is 11.7 Å². The molecule has 0 bridgehead atoms. The second-order valence-electron chi connectivity index (χ2n) is 7.16. The van der Waals surface area contributed by atoms with Crippen LogP contribution in [0.5, 0.6) is 0 Å². The van der Waals surface area contributed by atoms with Crippen molar-refractivity contribution in [2.45, 2.75) is 30.8 Å². The van der Waals surface area contributed by atoms with Crippen molar-refractivity contribution in [1.29, 1.82) is 5.26 Å². The molecule has 162 valence electrons. The van der Waals surface area contributed by atoms with E-state index in [4.69, 9.17) is 13.6 Å². The topological polar surface area (TPSA) is 122 Å². The lowest BCUT2D eigenvalue weighted by Crippen LogP contribution is -2.26. The van der Waals surface area contributed by atoms with Crippen LogP contribution in [-0.2, 0) is 14.8 Å². The van der Waals surface area contributed by atoms with Crippen LogP contribution in [0.4, 0.5) is 11.6 Å². The Labute approximate surface area is 180 Å². The normalized spacial score (nSPS) is 16.2. The number of hydrogen-bond donors (Lipinski definition) is 1. The average molecular weight is 442 g/mol. The molecule has 2 aromatic heterocycles. The quantitative estimate of drug-likeness (QED) is 0.590. The Morgan fingerprint density at radius 2 is 2.06 bits per heavy atom. The van der Waals surface area contributed by atoms with Crippen LogP contribution < -0.4 is 9.62 Å². The minimum absolute atomic E-state index is 0.000532. The number of aromatic nitrogens is 1. The molecule has 1 aliphatic rings. The van der Waals surface area contributed by atoms with Crippen molar-refractivity contribution >= 4 is 21.6 Å². The van der Waals surface area contributed by atoms with Gasteiger partial charge in [-0.15, -0.1) is 0 Å². The summed E-state index contributed by atoms with van der Waals surface area (Å²) in [4.78, 5) is 4.15. The Morgan fingerprint density at radius 1 is 1.29 bits per heavy atom. The number of anilines is 2. The summed E-state index contributed by atoms with van der Waals surface area (Å²) < 4.78 is 44.3. The van der Waals surface area contributed by atoms with E-state index in [0.717, 1.165) is 19.4 Å². The van der Waals surface area contributed by atoms with E-state index < -0.39 is 10.0 Å². The standard InChI is InChI=1S/C21H22N4O5S/c1-14-19(31(26,27)25(2)15-7-4-3-5-8-15)11-18(29-14)21-24-17(12-22)20(30-21)23-13-16-9-6-10-28-16/h3-5,7-8,11,16,23H,6,9-10,13H2,1-2H3. The van der Waals surface area contributed by atoms with E-state index in [0.29, 0.717) is 12.2 Å². The largest absolute Gasteiger partial charge is 0.455 e. The van der Waals surface area contributed by atoms with E-state index in [-0.39, 0.29) is 40.0 Å². The molecular formula is C21H22N4O5S. The van der Waals surface area contributed by atoms with Gasteiger partial charge in [0, 0.05) is 26.3 Å². The molecule has 3 heterocycles. The molecule has 0 spiro atoms. The highest BCUT2D eigenvalue weighted by Gasteiger charge is 2.29. The first-order valence-electron chi connectivity index (χ1n) is 9.81. The van der Waals surface area contributed by atoms with E-state index >= 15 is 0 Å². The molecule has 1 aromatic carbocycles. The average Bonchev–Trinajstić information content (AvgIpc) is 3.51. The van der Waals surface area contributed by atoms with Crippen molar-refractivity contribution in [1.82, 2.24) is 4.98 Å². The number of sulfonamides is 1. The lowest BCUT2D eigenvalue weighted by Gasteiger charge is -2.18. The molecule has 1 N–H and O–H groups in total. The molecule has 0 amide bonds. The highest BCUT2D eigenvalue weighted by atomic mass is 32.2. The molecule has 10 heteroatoms. The number of rotatable bonds is 7. The van der Waals surface area contributed by atoms with Crippen LogP contribution in [0.15, 0.2) is 50.1 Å². The second-order valence-corrected chi connectivity index (χ2v) is 9.10. The van der Waals surface area contributed by atoms with Gasteiger partial charge in [0.05, 0.1) is 11.8 Å². The second kappa shape index (κ2) is 8.45. The van der Waals surface area contributed by atoms with E-state index in [2.05, 4.69) is 10.3 Å². The first kappa shape index (κ1) is 21.0. The molecule has 4 rings (SSSR count). The third-order valence-electron chi connectivity index (χ3n) is 5.09. The van der Waals surface area contributed by atoms with E-state index in [1.165, 1.54) is 17.4 Å². The van der Waals surface area contributed by atoms with Crippen LogP contribution >= 0.6 is 0 Å². The first-order valence-corrected chi connectivity index (χ1v) is 11.3. The summed E-state index contributed by atoms with van der Waals surface area (Å²) in [7, 11) is -2.39. The number of para-hydroxylation sites is 1. The van der Waals surface area contributed by atoms with Gasteiger partial charge in [-0.2, -0.15) is 10.2 Å². The lowest BCUT2D eigenvalue weighted by atomic mass is 10.2. The maximum atomic E-state index is 13.1. The SMILES string of the molecule is Cc1oc(-c2nc(C#N)c(NCC3CCCO3)o2)cc1S(=O)(=O)N(C)c1ccccc1. The molecule has 9 nitrogen and oxygen atoms in total. The lowest BCUT2D eigenvalue weighted by molar-refractivity contribution is 0.120. The summed E-state index contributed by atoms with van der Waals surface area (Å²) in [5.41, 5.74) is 0.584. The molecule has 0 saturated carbocycles. The molecule has 1 atom stereocenters. The summed E-state index contributed by atoms with van der Waals surface area (Å²) in [6.07, 6.45) is 1.99. The number of benzene rings is 1. The van der Waals surface area contributed by atoms with Gasteiger partial charge in [-0.05, 0) is 31.9 Å². The summed E-state index contributed by atoms with van der Waals surface area (Å²) in [5, 5.41) is 12.4. The summed E-state index contributed by atoms with van der Waals surface area (Å²) in [6.45, 7) is 2.77. The Kier molecular flexibility index (Phi) is 5.71. The molecule has 1 fully saturated rings. The van der Waals surface area contributed by atoms with Crippen LogP contribution in [0.2, 0.25) is 0 Å². The van der Waals surface area contributed by atoms with Gasteiger partial charge in [0.1, 0.15) is 16.7 Å². The van der Waals surface area contributed by atoms with Gasteiger partial charge < -0.3 is 18.9 Å². The number of oxazole rings is 1. The number of aryl methyl sites for hydroxylation is 1. The highest BCUT2D eigenvalue weighted by molar-refractivity contribution is 7.92. The predicted molar refractivity (Wildman–Crippen MR) is 113 cm³/mol. The van der Waals surface area contributed by atoms with E-state index in [1.807, 2.05) is 12.1 Å². The summed E-state index contributed by atoms with van der Waals surface area (Å²) in [6, 6.07) is 12.1. The third-order valence-corrected chi connectivity index (χ3v) is 6.98. The Morgan fingerprint density at radius 3 is 2.74 bits per heavy atom. The number of hydrogen-bond acceptors (Lipinski definition) is 8. The molecule has 0 aliphatic carbocycles. The van der Waals surface area contributed by atoms with Gasteiger partial charge >= 0.3 is 0 Å². The minimum atomic E-state index is -3.87. The Bertz CT molecular complexity index is 1200. The van der Waals surface area contributed by atoms with Crippen molar-refractivity contribution in [2.75, 3.05) is 29.8 Å². The van der Waals surface area contributed by atoms with Gasteiger partial charge in [0.2, 0.25) is 11.6 Å². The number of nitrogens with zero attached hydrogens (tertiary/aromatic N) is 3. The van der Waals surface area contributed by atoms with Crippen molar-refractivity contribution in [3.05, 3.63) is 47.9 Å².